The lowest BCUT2D eigenvalue weighted by Gasteiger charge is -2.04. The molecule has 0 aliphatic heterocycles. The number of carbonyl (C=O) groups is 1. The molecule has 0 aromatic heterocycles. The maximum absolute atomic E-state index is 11.9. The van der Waals surface area contributed by atoms with Crippen LogP contribution in [0.2, 0.25) is 0 Å². The van der Waals surface area contributed by atoms with E-state index >= 15 is 0 Å². The highest BCUT2D eigenvalue weighted by Crippen LogP contribution is 2.12. The van der Waals surface area contributed by atoms with Gasteiger partial charge in [0.25, 0.3) is 0 Å². The third-order valence-electron chi connectivity index (χ3n) is 4.73. The molecule has 0 amide bonds. The number of hydrogen-bond donors (Lipinski definition) is 0. The Morgan fingerprint density at radius 3 is 1.38 bits per heavy atom. The first-order valence-electron chi connectivity index (χ1n) is 11.1. The number of allylic oxidation sites excluding steroid dienone is 9. The van der Waals surface area contributed by atoms with Gasteiger partial charge in [0.2, 0.25) is 0 Å². The minimum atomic E-state index is -0.114. The summed E-state index contributed by atoms with van der Waals surface area (Å²) in [5, 5.41) is 0. The Morgan fingerprint density at radius 1 is 0.552 bits per heavy atom. The molecular formula is C27H44O2. The van der Waals surface area contributed by atoms with Gasteiger partial charge in [-0.05, 0) is 99.5 Å². The average molecular weight is 401 g/mol. The molecule has 0 radical (unpaired) electrons. The number of carbonyl (C=O) groups excluding carboxylic acids is 1. The maximum atomic E-state index is 11.9. The predicted octanol–water partition coefficient (Wildman–Crippen LogP) is 8.42. The molecule has 0 rings (SSSR count). The SMILES string of the molecule is CC(C)=CCCC(C)=CCCC(=O)OCC=C(C)CCC=C(C)CCC=C(C)C. The van der Waals surface area contributed by atoms with Gasteiger partial charge in [-0.3, -0.25) is 4.79 Å². The van der Waals surface area contributed by atoms with Crippen LogP contribution in [-0.4, -0.2) is 12.6 Å². The molecule has 0 N–H and O–H groups in total. The molecule has 0 aliphatic rings. The standard InChI is InChI=1S/C27H44O2/c1-22(2)12-8-14-24(5)16-10-17-26(7)20-21-29-27(28)19-11-18-25(6)15-9-13-23(3)4/h12-13,16,18,20H,8-11,14-15,17,19,21H2,1-7H3. The lowest BCUT2D eigenvalue weighted by molar-refractivity contribution is -0.142. The van der Waals surface area contributed by atoms with Crippen molar-refractivity contribution in [1.82, 2.24) is 0 Å². The van der Waals surface area contributed by atoms with Crippen molar-refractivity contribution in [3.8, 4) is 0 Å². The van der Waals surface area contributed by atoms with Crippen molar-refractivity contribution in [3.63, 3.8) is 0 Å². The zero-order valence-corrected chi connectivity index (χ0v) is 20.1. The zero-order chi connectivity index (χ0) is 22.1. The second-order valence-corrected chi connectivity index (χ2v) is 8.55. The fraction of sp³-hybridized carbons (Fsp3) is 0.593. The smallest absolute Gasteiger partial charge is 0.306 e. The van der Waals surface area contributed by atoms with E-state index in [0.29, 0.717) is 13.0 Å². The lowest BCUT2D eigenvalue weighted by atomic mass is 10.1. The second kappa shape index (κ2) is 17.1. The van der Waals surface area contributed by atoms with E-state index in [1.807, 2.05) is 6.08 Å². The topological polar surface area (TPSA) is 26.3 Å². The number of esters is 1. The first kappa shape index (κ1) is 27.2. The Morgan fingerprint density at radius 2 is 0.931 bits per heavy atom. The molecule has 0 spiro atoms. The summed E-state index contributed by atoms with van der Waals surface area (Å²) < 4.78 is 5.33. The summed E-state index contributed by atoms with van der Waals surface area (Å²) in [5.41, 5.74) is 6.81. The average Bonchev–Trinajstić information content (AvgIpc) is 2.61. The Hall–Kier alpha value is -1.83. The quantitative estimate of drug-likeness (QED) is 0.216. The van der Waals surface area contributed by atoms with E-state index < -0.39 is 0 Å². The van der Waals surface area contributed by atoms with E-state index in [4.69, 9.17) is 4.74 Å². The third-order valence-corrected chi connectivity index (χ3v) is 4.73. The van der Waals surface area contributed by atoms with Gasteiger partial charge < -0.3 is 4.74 Å². The Bertz CT molecular complexity index is 619. The maximum Gasteiger partial charge on any atom is 0.306 e. The highest BCUT2D eigenvalue weighted by molar-refractivity contribution is 5.69. The third kappa shape index (κ3) is 19.3. The Balaban J connectivity index is 3.99. The molecule has 0 saturated carbocycles. The van der Waals surface area contributed by atoms with Crippen LogP contribution in [0.5, 0.6) is 0 Å². The predicted molar refractivity (Wildman–Crippen MR) is 128 cm³/mol. The highest BCUT2D eigenvalue weighted by atomic mass is 16.5. The van der Waals surface area contributed by atoms with Crippen LogP contribution in [0, 0.1) is 0 Å². The van der Waals surface area contributed by atoms with Gasteiger partial charge in [-0.1, -0.05) is 52.2 Å². The minimum Gasteiger partial charge on any atom is -0.461 e. The summed E-state index contributed by atoms with van der Waals surface area (Å²) in [6, 6.07) is 0. The van der Waals surface area contributed by atoms with E-state index in [1.165, 1.54) is 27.9 Å². The lowest BCUT2D eigenvalue weighted by Crippen LogP contribution is -2.04. The normalized spacial score (nSPS) is 12.6. The second-order valence-electron chi connectivity index (χ2n) is 8.55. The fourth-order valence-corrected chi connectivity index (χ4v) is 2.81. The molecule has 164 valence electrons. The van der Waals surface area contributed by atoms with Crippen molar-refractivity contribution in [3.05, 3.63) is 58.2 Å². The van der Waals surface area contributed by atoms with E-state index in [1.54, 1.807) is 0 Å². The van der Waals surface area contributed by atoms with Crippen LogP contribution in [0.3, 0.4) is 0 Å². The van der Waals surface area contributed by atoms with Crippen molar-refractivity contribution < 1.29 is 9.53 Å². The number of ether oxygens (including phenoxy) is 1. The zero-order valence-electron chi connectivity index (χ0n) is 20.1. The van der Waals surface area contributed by atoms with E-state index in [9.17, 15) is 4.79 Å². The van der Waals surface area contributed by atoms with Crippen LogP contribution in [0.1, 0.15) is 99.8 Å². The summed E-state index contributed by atoms with van der Waals surface area (Å²) in [4.78, 5) is 11.9. The molecule has 0 fully saturated rings. The Labute approximate surface area is 180 Å². The van der Waals surface area contributed by atoms with Gasteiger partial charge in [0, 0.05) is 6.42 Å². The summed E-state index contributed by atoms with van der Waals surface area (Å²) in [5.74, 6) is -0.114. The highest BCUT2D eigenvalue weighted by Gasteiger charge is 2.01. The van der Waals surface area contributed by atoms with Crippen molar-refractivity contribution in [1.29, 1.82) is 0 Å². The van der Waals surface area contributed by atoms with Crippen LogP contribution >= 0.6 is 0 Å². The van der Waals surface area contributed by atoms with Crippen LogP contribution in [0.25, 0.3) is 0 Å². The molecule has 0 atom stereocenters. The van der Waals surface area contributed by atoms with Crippen molar-refractivity contribution >= 4 is 5.97 Å². The first-order valence-corrected chi connectivity index (χ1v) is 11.1. The fourth-order valence-electron chi connectivity index (χ4n) is 2.81. The largest absolute Gasteiger partial charge is 0.461 e. The molecule has 29 heavy (non-hydrogen) atoms. The summed E-state index contributed by atoms with van der Waals surface area (Å²) in [7, 11) is 0. The summed E-state index contributed by atoms with van der Waals surface area (Å²) >= 11 is 0. The van der Waals surface area contributed by atoms with Crippen LogP contribution in [-0.2, 0) is 9.53 Å². The van der Waals surface area contributed by atoms with Gasteiger partial charge >= 0.3 is 5.97 Å². The van der Waals surface area contributed by atoms with Gasteiger partial charge in [-0.15, -0.1) is 0 Å². The molecule has 2 heteroatoms. The van der Waals surface area contributed by atoms with Gasteiger partial charge in [0.05, 0.1) is 0 Å². The minimum absolute atomic E-state index is 0.114. The van der Waals surface area contributed by atoms with Crippen LogP contribution in [0.15, 0.2) is 58.2 Å². The molecule has 0 heterocycles. The Kier molecular flexibility index (Phi) is 16.0. The van der Waals surface area contributed by atoms with Crippen molar-refractivity contribution in [2.45, 2.75) is 99.8 Å². The first-order chi connectivity index (χ1) is 13.7. The molecular weight excluding hydrogens is 356 g/mol. The summed E-state index contributed by atoms with van der Waals surface area (Å²) in [6.07, 6.45) is 18.7. The molecule has 0 bridgehead atoms. The van der Waals surface area contributed by atoms with Gasteiger partial charge in [-0.2, -0.15) is 0 Å². The van der Waals surface area contributed by atoms with Crippen LogP contribution < -0.4 is 0 Å². The summed E-state index contributed by atoms with van der Waals surface area (Å²) in [6.45, 7) is 15.4. The van der Waals surface area contributed by atoms with Crippen molar-refractivity contribution in [2.75, 3.05) is 6.61 Å². The van der Waals surface area contributed by atoms with Crippen LogP contribution in [0.4, 0.5) is 0 Å². The molecule has 0 saturated heterocycles. The monoisotopic (exact) mass is 400 g/mol. The molecule has 0 unspecified atom stereocenters. The number of hydrogen-bond acceptors (Lipinski definition) is 2. The molecule has 0 aromatic carbocycles. The van der Waals surface area contributed by atoms with Gasteiger partial charge in [0.1, 0.15) is 6.61 Å². The van der Waals surface area contributed by atoms with E-state index in [0.717, 1.165) is 44.9 Å². The molecule has 0 aromatic rings. The van der Waals surface area contributed by atoms with Gasteiger partial charge in [0.15, 0.2) is 0 Å². The van der Waals surface area contributed by atoms with Crippen molar-refractivity contribution in [2.24, 2.45) is 0 Å². The molecule has 2 nitrogen and oxygen atoms in total. The molecule has 0 aliphatic carbocycles. The van der Waals surface area contributed by atoms with Gasteiger partial charge in [-0.25, -0.2) is 0 Å². The van der Waals surface area contributed by atoms with E-state index in [2.05, 4.69) is 72.8 Å². The van der Waals surface area contributed by atoms with E-state index in [-0.39, 0.29) is 5.97 Å². The number of rotatable bonds is 14.